The largest absolute Gasteiger partial charge is 0.507 e. The van der Waals surface area contributed by atoms with Crippen LogP contribution in [0.15, 0.2) is 29.4 Å². The minimum Gasteiger partial charge on any atom is -0.507 e. The number of Topliss-reactive ketones (excluding diaryl/α,β-unsaturated/α-hetero) is 3. The molecule has 1 atom stereocenters. The van der Waals surface area contributed by atoms with Gasteiger partial charge in [-0.05, 0) is 46.3 Å². The molecule has 6 nitrogen and oxygen atoms in total. The van der Waals surface area contributed by atoms with Crippen LogP contribution in [0.4, 0.5) is 0 Å². The van der Waals surface area contributed by atoms with E-state index in [4.69, 9.17) is 0 Å². The first-order valence-electron chi connectivity index (χ1n) is 8.10. The third-order valence-corrected chi connectivity index (χ3v) is 4.31. The van der Waals surface area contributed by atoms with Crippen LogP contribution in [0.2, 0.25) is 0 Å². The Morgan fingerprint density at radius 1 is 1.08 bits per heavy atom. The summed E-state index contributed by atoms with van der Waals surface area (Å²) in [5, 5.41) is 20.4. The number of hydrogen-bond donors (Lipinski definition) is 2. The van der Waals surface area contributed by atoms with E-state index in [0.717, 1.165) is 17.7 Å². The maximum absolute atomic E-state index is 12.9. The molecule has 0 spiro atoms. The van der Waals surface area contributed by atoms with E-state index in [2.05, 4.69) is 0 Å². The number of carbonyl (C=O) groups excluding carboxylic acids is 4. The maximum Gasteiger partial charge on any atom is 0.194 e. The number of ketones is 4. The monoisotopic (exact) mass is 356 g/mol. The molecule has 0 aromatic heterocycles. The molecule has 0 saturated heterocycles. The van der Waals surface area contributed by atoms with Crippen molar-refractivity contribution in [2.75, 3.05) is 0 Å². The van der Waals surface area contributed by atoms with Crippen LogP contribution in [-0.2, 0) is 4.79 Å². The number of aromatic hydroxyl groups is 2. The molecule has 136 valence electrons. The summed E-state index contributed by atoms with van der Waals surface area (Å²) in [5.74, 6) is -4.36. The Morgan fingerprint density at radius 2 is 1.69 bits per heavy atom. The number of phenolic OH excluding ortho intramolecular Hbond substituents is 2. The lowest BCUT2D eigenvalue weighted by Crippen LogP contribution is -2.26. The zero-order valence-electron chi connectivity index (χ0n) is 15.0. The molecule has 1 aliphatic rings. The molecule has 0 saturated carbocycles. The fourth-order valence-electron chi connectivity index (χ4n) is 2.94. The molecule has 0 amide bonds. The van der Waals surface area contributed by atoms with Crippen molar-refractivity contribution in [1.29, 1.82) is 0 Å². The van der Waals surface area contributed by atoms with Gasteiger partial charge in [0.25, 0.3) is 0 Å². The lowest BCUT2D eigenvalue weighted by Gasteiger charge is -2.22. The number of carbonyl (C=O) groups is 4. The highest BCUT2D eigenvalue weighted by atomic mass is 16.3. The summed E-state index contributed by atoms with van der Waals surface area (Å²) in [6, 6.07) is 0.964. The molecule has 1 aromatic rings. The molecule has 6 heteroatoms. The van der Waals surface area contributed by atoms with Gasteiger partial charge in [-0.15, -0.1) is 0 Å². The van der Waals surface area contributed by atoms with Gasteiger partial charge in [0.2, 0.25) is 0 Å². The number of rotatable bonds is 5. The van der Waals surface area contributed by atoms with E-state index in [1.807, 2.05) is 13.8 Å². The van der Waals surface area contributed by atoms with Gasteiger partial charge in [0, 0.05) is 11.5 Å². The van der Waals surface area contributed by atoms with Crippen molar-refractivity contribution in [3.05, 3.63) is 46.1 Å². The average Bonchev–Trinajstić information content (AvgIpc) is 2.52. The van der Waals surface area contributed by atoms with Gasteiger partial charge in [-0.1, -0.05) is 11.6 Å². The van der Waals surface area contributed by atoms with Crippen molar-refractivity contribution in [3.8, 4) is 11.5 Å². The Balaban J connectivity index is 2.67. The zero-order chi connectivity index (χ0) is 19.8. The first-order chi connectivity index (χ1) is 12.1. The quantitative estimate of drug-likeness (QED) is 0.476. The summed E-state index contributed by atoms with van der Waals surface area (Å²) in [5.41, 5.74) is -0.145. The molecule has 0 aliphatic heterocycles. The predicted molar refractivity (Wildman–Crippen MR) is 94.7 cm³/mol. The minimum atomic E-state index is -0.850. The van der Waals surface area contributed by atoms with Crippen molar-refractivity contribution >= 4 is 23.1 Å². The molecule has 2 N–H and O–H groups in total. The van der Waals surface area contributed by atoms with Gasteiger partial charge in [0.15, 0.2) is 17.3 Å². The Labute approximate surface area is 150 Å². The van der Waals surface area contributed by atoms with Crippen molar-refractivity contribution in [1.82, 2.24) is 0 Å². The van der Waals surface area contributed by atoms with Crippen molar-refractivity contribution in [2.45, 2.75) is 34.1 Å². The highest BCUT2D eigenvalue weighted by molar-refractivity contribution is 6.28. The second-order valence-electron chi connectivity index (χ2n) is 6.57. The third-order valence-electron chi connectivity index (χ3n) is 4.31. The van der Waals surface area contributed by atoms with E-state index in [9.17, 15) is 29.4 Å². The number of phenols is 2. The molecule has 0 radical (unpaired) electrons. The zero-order valence-corrected chi connectivity index (χ0v) is 15.0. The van der Waals surface area contributed by atoms with E-state index in [-0.39, 0.29) is 28.9 Å². The molecule has 1 aliphatic carbocycles. The fraction of sp³-hybridized carbons (Fsp3) is 0.300. The molecular formula is C20H20O6. The van der Waals surface area contributed by atoms with E-state index in [1.165, 1.54) is 13.8 Å². The average molecular weight is 356 g/mol. The van der Waals surface area contributed by atoms with Crippen LogP contribution in [0, 0.1) is 5.92 Å². The molecule has 0 heterocycles. The molecule has 26 heavy (non-hydrogen) atoms. The van der Waals surface area contributed by atoms with Gasteiger partial charge in [0.1, 0.15) is 17.3 Å². The lowest BCUT2D eigenvalue weighted by molar-refractivity contribution is -0.119. The molecule has 2 rings (SSSR count). The summed E-state index contributed by atoms with van der Waals surface area (Å²) >= 11 is 0. The smallest absolute Gasteiger partial charge is 0.194 e. The van der Waals surface area contributed by atoms with Crippen LogP contribution < -0.4 is 0 Å². The molecule has 1 unspecified atom stereocenters. The van der Waals surface area contributed by atoms with Gasteiger partial charge < -0.3 is 10.2 Å². The van der Waals surface area contributed by atoms with E-state index >= 15 is 0 Å². The molecule has 0 fully saturated rings. The van der Waals surface area contributed by atoms with Gasteiger partial charge >= 0.3 is 0 Å². The second-order valence-corrected chi connectivity index (χ2v) is 6.57. The van der Waals surface area contributed by atoms with Crippen molar-refractivity contribution < 1.29 is 29.4 Å². The Kier molecular flexibility index (Phi) is 5.25. The molecular weight excluding hydrogens is 336 g/mol. The number of hydrogen-bond acceptors (Lipinski definition) is 6. The first kappa shape index (κ1) is 19.3. The van der Waals surface area contributed by atoms with E-state index in [1.54, 1.807) is 6.08 Å². The van der Waals surface area contributed by atoms with Crippen molar-refractivity contribution in [3.63, 3.8) is 0 Å². The second kappa shape index (κ2) is 7.07. The topological polar surface area (TPSA) is 109 Å². The lowest BCUT2D eigenvalue weighted by atomic mass is 9.79. The molecule has 0 bridgehead atoms. The SMILES string of the molecule is CC(=O)c1cc(O)c2c(c1O)C(=O)C(C(CC=C(C)C)C(C)=O)=CC2=O. The summed E-state index contributed by atoms with van der Waals surface area (Å²) in [7, 11) is 0. The van der Waals surface area contributed by atoms with Crippen LogP contribution >= 0.6 is 0 Å². The summed E-state index contributed by atoms with van der Waals surface area (Å²) in [6.45, 7) is 6.18. The van der Waals surface area contributed by atoms with Gasteiger partial charge in [-0.2, -0.15) is 0 Å². The fourth-order valence-corrected chi connectivity index (χ4v) is 2.94. The van der Waals surface area contributed by atoms with Crippen LogP contribution in [0.5, 0.6) is 11.5 Å². The van der Waals surface area contributed by atoms with E-state index < -0.39 is 40.3 Å². The van der Waals surface area contributed by atoms with Crippen molar-refractivity contribution in [2.24, 2.45) is 5.92 Å². The van der Waals surface area contributed by atoms with Gasteiger partial charge in [-0.25, -0.2) is 0 Å². The minimum absolute atomic E-state index is 0.0529. The Bertz CT molecular complexity index is 897. The highest BCUT2D eigenvalue weighted by Crippen LogP contribution is 2.40. The number of fused-ring (bicyclic) bond motifs is 1. The van der Waals surface area contributed by atoms with Gasteiger partial charge in [-0.3, -0.25) is 19.2 Å². The first-order valence-corrected chi connectivity index (χ1v) is 8.10. The van der Waals surface area contributed by atoms with E-state index in [0.29, 0.717) is 0 Å². The Hall–Kier alpha value is -3.02. The number of benzene rings is 1. The van der Waals surface area contributed by atoms with Crippen LogP contribution in [0.3, 0.4) is 0 Å². The molecule has 1 aromatic carbocycles. The highest BCUT2D eigenvalue weighted by Gasteiger charge is 2.37. The summed E-state index contributed by atoms with van der Waals surface area (Å²) in [6.07, 6.45) is 3.04. The maximum atomic E-state index is 12.9. The Morgan fingerprint density at radius 3 is 2.19 bits per heavy atom. The normalized spacial score (nSPS) is 14.4. The summed E-state index contributed by atoms with van der Waals surface area (Å²) in [4.78, 5) is 49.1. The summed E-state index contributed by atoms with van der Waals surface area (Å²) < 4.78 is 0. The third kappa shape index (κ3) is 3.35. The predicted octanol–water partition coefficient (Wildman–Crippen LogP) is 3.17. The number of allylic oxidation sites excluding steroid dienone is 4. The van der Waals surface area contributed by atoms with Crippen LogP contribution in [-0.4, -0.2) is 33.3 Å². The van der Waals surface area contributed by atoms with Crippen LogP contribution in [0.25, 0.3) is 0 Å². The van der Waals surface area contributed by atoms with Crippen LogP contribution in [0.1, 0.15) is 65.2 Å². The standard InChI is InChI=1S/C20H20O6/c1-9(2)5-6-12(10(3)21)14-8-16(24)17-15(23)7-13(11(4)22)19(25)18(17)20(14)26/h5,7-8,12,23,25H,6H2,1-4H3. The van der Waals surface area contributed by atoms with Gasteiger partial charge in [0.05, 0.1) is 16.7 Å².